The number of hydrogen-bond acceptors (Lipinski definition) is 3. The second-order valence-electron chi connectivity index (χ2n) is 3.79. The van der Waals surface area contributed by atoms with Gasteiger partial charge >= 0.3 is 0 Å². The molecule has 0 saturated carbocycles. The van der Waals surface area contributed by atoms with Crippen molar-refractivity contribution in [3.05, 3.63) is 47.5 Å². The number of carbonyl (C=O) groups excluding carboxylic acids is 1. The molecule has 1 heterocycles. The van der Waals surface area contributed by atoms with Gasteiger partial charge in [-0.05, 0) is 18.2 Å². The van der Waals surface area contributed by atoms with Crippen LogP contribution in [-0.2, 0) is 13.6 Å². The summed E-state index contributed by atoms with van der Waals surface area (Å²) in [5.41, 5.74) is 0.864. The van der Waals surface area contributed by atoms with Crippen molar-refractivity contribution < 1.29 is 14.3 Å². The molecule has 2 N–H and O–H groups in total. The van der Waals surface area contributed by atoms with Gasteiger partial charge in [-0.1, -0.05) is 0 Å². The Labute approximate surface area is 103 Å². The Morgan fingerprint density at radius 2 is 2.28 bits per heavy atom. The summed E-state index contributed by atoms with van der Waals surface area (Å²) in [7, 11) is 1.76. The number of rotatable bonds is 3. The zero-order chi connectivity index (χ0) is 13.1. The normalized spacial score (nSPS) is 10.3. The van der Waals surface area contributed by atoms with E-state index < -0.39 is 11.7 Å². The number of nitrogens with one attached hydrogen (secondary N) is 1. The Kier molecular flexibility index (Phi) is 3.27. The van der Waals surface area contributed by atoms with Crippen molar-refractivity contribution in [1.82, 2.24) is 15.1 Å². The van der Waals surface area contributed by atoms with E-state index >= 15 is 0 Å². The van der Waals surface area contributed by atoms with Crippen molar-refractivity contribution in [1.29, 1.82) is 0 Å². The van der Waals surface area contributed by atoms with Gasteiger partial charge in [0.1, 0.15) is 11.6 Å². The van der Waals surface area contributed by atoms with Crippen LogP contribution in [0.3, 0.4) is 0 Å². The molecule has 0 bridgehead atoms. The van der Waals surface area contributed by atoms with Crippen LogP contribution in [0, 0.1) is 5.82 Å². The van der Waals surface area contributed by atoms with Crippen molar-refractivity contribution in [2.75, 3.05) is 0 Å². The smallest absolute Gasteiger partial charge is 0.255 e. The Bertz CT molecular complexity index is 580. The first-order valence-corrected chi connectivity index (χ1v) is 5.31. The molecule has 6 heteroatoms. The van der Waals surface area contributed by atoms with Crippen molar-refractivity contribution in [2.24, 2.45) is 7.05 Å². The summed E-state index contributed by atoms with van der Waals surface area (Å²) in [6.07, 6.45) is 1.62. The Morgan fingerprint density at radius 1 is 1.50 bits per heavy atom. The average Bonchev–Trinajstić information content (AvgIpc) is 2.72. The van der Waals surface area contributed by atoms with E-state index in [0.29, 0.717) is 0 Å². The standard InChI is InChI=1S/C12H12FN3O2/c1-16-9(4-5-15-16)7-14-12(18)10-3-2-8(13)6-11(10)17/h2-6,17H,7H2,1H3,(H,14,18). The van der Waals surface area contributed by atoms with Crippen molar-refractivity contribution in [2.45, 2.75) is 6.54 Å². The molecule has 1 aromatic heterocycles. The summed E-state index contributed by atoms with van der Waals surface area (Å²) >= 11 is 0. The molecule has 2 rings (SSSR count). The van der Waals surface area contributed by atoms with E-state index in [2.05, 4.69) is 10.4 Å². The molecule has 0 unspecified atom stereocenters. The lowest BCUT2D eigenvalue weighted by Crippen LogP contribution is -2.24. The molecule has 0 atom stereocenters. The fraction of sp³-hybridized carbons (Fsp3) is 0.167. The molecule has 0 fully saturated rings. The monoisotopic (exact) mass is 249 g/mol. The molecular weight excluding hydrogens is 237 g/mol. The summed E-state index contributed by atoms with van der Waals surface area (Å²) in [5.74, 6) is -1.43. The highest BCUT2D eigenvalue weighted by Crippen LogP contribution is 2.17. The van der Waals surface area contributed by atoms with Crippen molar-refractivity contribution >= 4 is 5.91 Å². The molecule has 0 aliphatic carbocycles. The van der Waals surface area contributed by atoms with E-state index in [-0.39, 0.29) is 17.9 Å². The number of nitrogens with zero attached hydrogens (tertiary/aromatic N) is 2. The van der Waals surface area contributed by atoms with Gasteiger partial charge in [0.15, 0.2) is 0 Å². The van der Waals surface area contributed by atoms with Crippen LogP contribution < -0.4 is 5.32 Å². The summed E-state index contributed by atoms with van der Waals surface area (Å²) < 4.78 is 14.4. The van der Waals surface area contributed by atoms with Gasteiger partial charge < -0.3 is 10.4 Å². The minimum absolute atomic E-state index is 0.0403. The summed E-state index contributed by atoms with van der Waals surface area (Å²) in [5, 5.41) is 16.0. The zero-order valence-electron chi connectivity index (χ0n) is 9.72. The number of phenols is 1. The minimum Gasteiger partial charge on any atom is -0.507 e. The van der Waals surface area contributed by atoms with Crippen LogP contribution in [0.25, 0.3) is 0 Å². The molecule has 94 valence electrons. The molecule has 5 nitrogen and oxygen atoms in total. The lowest BCUT2D eigenvalue weighted by atomic mass is 10.2. The van der Waals surface area contributed by atoms with Gasteiger partial charge in [-0.15, -0.1) is 0 Å². The fourth-order valence-electron chi connectivity index (χ4n) is 1.54. The number of aromatic nitrogens is 2. The molecule has 0 radical (unpaired) electrons. The van der Waals surface area contributed by atoms with Crippen LogP contribution in [0.1, 0.15) is 16.1 Å². The third-order valence-electron chi connectivity index (χ3n) is 2.56. The van der Waals surface area contributed by atoms with Gasteiger partial charge in [-0.2, -0.15) is 5.10 Å². The second-order valence-corrected chi connectivity index (χ2v) is 3.79. The Balaban J connectivity index is 2.06. The van der Waals surface area contributed by atoms with Crippen LogP contribution in [0.5, 0.6) is 5.75 Å². The SMILES string of the molecule is Cn1nccc1CNC(=O)c1ccc(F)cc1O. The van der Waals surface area contributed by atoms with E-state index in [1.165, 1.54) is 6.07 Å². The first-order chi connectivity index (χ1) is 8.58. The maximum Gasteiger partial charge on any atom is 0.255 e. The lowest BCUT2D eigenvalue weighted by Gasteiger charge is -2.07. The number of hydrogen-bond donors (Lipinski definition) is 2. The predicted octanol–water partition coefficient (Wildman–Crippen LogP) is 1.19. The highest BCUT2D eigenvalue weighted by atomic mass is 19.1. The molecule has 18 heavy (non-hydrogen) atoms. The largest absolute Gasteiger partial charge is 0.507 e. The number of halogens is 1. The minimum atomic E-state index is -0.587. The molecule has 0 aliphatic rings. The maximum absolute atomic E-state index is 12.8. The highest BCUT2D eigenvalue weighted by molar-refractivity contribution is 5.96. The van der Waals surface area contributed by atoms with Crippen LogP contribution in [0.15, 0.2) is 30.5 Å². The van der Waals surface area contributed by atoms with E-state index in [1.807, 2.05) is 0 Å². The van der Waals surface area contributed by atoms with Gasteiger partial charge in [0, 0.05) is 19.3 Å². The highest BCUT2D eigenvalue weighted by Gasteiger charge is 2.11. The third-order valence-corrected chi connectivity index (χ3v) is 2.56. The second kappa shape index (κ2) is 4.87. The van der Waals surface area contributed by atoms with Gasteiger partial charge in [0.05, 0.1) is 17.8 Å². The number of aromatic hydroxyl groups is 1. The van der Waals surface area contributed by atoms with Gasteiger partial charge in [0.2, 0.25) is 0 Å². The topological polar surface area (TPSA) is 67.2 Å². The third kappa shape index (κ3) is 2.48. The molecule has 1 amide bonds. The predicted molar refractivity (Wildman–Crippen MR) is 62.4 cm³/mol. The maximum atomic E-state index is 12.8. The Morgan fingerprint density at radius 3 is 2.89 bits per heavy atom. The number of carbonyl (C=O) groups is 1. The van der Waals surface area contributed by atoms with Crippen LogP contribution >= 0.6 is 0 Å². The quantitative estimate of drug-likeness (QED) is 0.858. The van der Waals surface area contributed by atoms with E-state index in [4.69, 9.17) is 0 Å². The molecule has 1 aromatic carbocycles. The van der Waals surface area contributed by atoms with Crippen molar-refractivity contribution in [3.8, 4) is 5.75 Å². The van der Waals surface area contributed by atoms with Gasteiger partial charge in [-0.25, -0.2) is 4.39 Å². The zero-order valence-corrected chi connectivity index (χ0v) is 9.72. The molecule has 0 aliphatic heterocycles. The average molecular weight is 249 g/mol. The summed E-state index contributed by atoms with van der Waals surface area (Å²) in [6.45, 7) is 0.284. The van der Waals surface area contributed by atoms with Gasteiger partial charge in [0.25, 0.3) is 5.91 Å². The van der Waals surface area contributed by atoms with E-state index in [9.17, 15) is 14.3 Å². The fourth-order valence-corrected chi connectivity index (χ4v) is 1.54. The molecule has 0 spiro atoms. The summed E-state index contributed by atoms with van der Waals surface area (Å²) in [4.78, 5) is 11.8. The number of amides is 1. The molecule has 2 aromatic rings. The number of benzene rings is 1. The van der Waals surface area contributed by atoms with Crippen LogP contribution in [0.2, 0.25) is 0 Å². The summed E-state index contributed by atoms with van der Waals surface area (Å²) in [6, 6.07) is 5.03. The lowest BCUT2D eigenvalue weighted by molar-refractivity contribution is 0.0947. The van der Waals surface area contributed by atoms with E-state index in [0.717, 1.165) is 17.8 Å². The first-order valence-electron chi connectivity index (χ1n) is 5.31. The van der Waals surface area contributed by atoms with Crippen LogP contribution in [0.4, 0.5) is 4.39 Å². The van der Waals surface area contributed by atoms with Crippen LogP contribution in [-0.4, -0.2) is 20.8 Å². The number of phenolic OH excluding ortho intramolecular Hbond substituents is 1. The molecule has 0 saturated heterocycles. The van der Waals surface area contributed by atoms with E-state index in [1.54, 1.807) is 24.0 Å². The van der Waals surface area contributed by atoms with Gasteiger partial charge in [-0.3, -0.25) is 9.48 Å². The number of aryl methyl sites for hydroxylation is 1. The Hall–Kier alpha value is -2.37. The van der Waals surface area contributed by atoms with Crippen molar-refractivity contribution in [3.63, 3.8) is 0 Å². The first kappa shape index (κ1) is 12.1. The molecular formula is C12H12FN3O2.